The molecule has 3 aromatic rings. The molecule has 5 rings (SSSR count). The van der Waals surface area contributed by atoms with E-state index in [0.29, 0.717) is 37.2 Å². The van der Waals surface area contributed by atoms with Crippen LogP contribution in [-0.4, -0.2) is 51.4 Å². The van der Waals surface area contributed by atoms with E-state index in [-0.39, 0.29) is 23.6 Å². The number of morpholine rings is 1. The van der Waals surface area contributed by atoms with Crippen LogP contribution < -0.4 is 0 Å². The minimum absolute atomic E-state index is 0.101. The van der Waals surface area contributed by atoms with Crippen molar-refractivity contribution in [2.24, 2.45) is 5.92 Å². The van der Waals surface area contributed by atoms with Crippen molar-refractivity contribution < 1.29 is 13.9 Å². The van der Waals surface area contributed by atoms with Crippen LogP contribution in [0.3, 0.4) is 0 Å². The maximum absolute atomic E-state index is 13.4. The number of halogens is 1. The Morgan fingerprint density at radius 1 is 1.21 bits per heavy atom. The predicted octanol–water partition coefficient (Wildman–Crippen LogP) is 3.39. The number of aromatic nitrogens is 3. The van der Waals surface area contributed by atoms with Gasteiger partial charge in [0, 0.05) is 6.54 Å². The van der Waals surface area contributed by atoms with Gasteiger partial charge in [0.25, 0.3) is 5.91 Å². The molecule has 1 saturated carbocycles. The molecular formula is C20H19FN4O2S. The highest BCUT2D eigenvalue weighted by Crippen LogP contribution is 2.37. The van der Waals surface area contributed by atoms with Crippen LogP contribution >= 0.6 is 11.3 Å². The van der Waals surface area contributed by atoms with Crippen LogP contribution in [0, 0.1) is 11.7 Å². The fraction of sp³-hybridized carbons (Fsp3) is 0.350. The Labute approximate surface area is 165 Å². The van der Waals surface area contributed by atoms with Gasteiger partial charge in [0.05, 0.1) is 29.8 Å². The fourth-order valence-corrected chi connectivity index (χ4v) is 4.30. The Morgan fingerprint density at radius 3 is 2.75 bits per heavy atom. The molecule has 1 aliphatic heterocycles. The second-order valence-corrected chi connectivity index (χ2v) is 8.05. The summed E-state index contributed by atoms with van der Waals surface area (Å²) in [6.07, 6.45) is 2.27. The lowest BCUT2D eigenvalue weighted by Crippen LogP contribution is -2.50. The van der Waals surface area contributed by atoms with Gasteiger partial charge in [0.1, 0.15) is 5.82 Å². The number of hydrogen-bond donors (Lipinski definition) is 0. The normalized spacial score (nSPS) is 19.8. The molecular weight excluding hydrogens is 379 g/mol. The van der Waals surface area contributed by atoms with Crippen molar-refractivity contribution in [3.8, 4) is 16.4 Å². The molecule has 144 valence electrons. The average molecular weight is 398 g/mol. The summed E-state index contributed by atoms with van der Waals surface area (Å²) in [4.78, 5) is 20.6. The maximum Gasteiger partial charge on any atom is 0.293 e. The quantitative estimate of drug-likeness (QED) is 0.676. The number of hydrogen-bond acceptors (Lipinski definition) is 5. The van der Waals surface area contributed by atoms with Crippen LogP contribution in [0.1, 0.15) is 23.5 Å². The first kappa shape index (κ1) is 17.5. The highest BCUT2D eigenvalue weighted by molar-refractivity contribution is 7.13. The van der Waals surface area contributed by atoms with Crippen LogP contribution in [0.15, 0.2) is 41.8 Å². The van der Waals surface area contributed by atoms with E-state index in [1.807, 2.05) is 22.4 Å². The van der Waals surface area contributed by atoms with E-state index in [2.05, 4.69) is 10.1 Å². The molecule has 1 aromatic carbocycles. The van der Waals surface area contributed by atoms with Crippen molar-refractivity contribution in [2.45, 2.75) is 18.9 Å². The van der Waals surface area contributed by atoms with Gasteiger partial charge in [-0.3, -0.25) is 4.79 Å². The van der Waals surface area contributed by atoms with E-state index < -0.39 is 0 Å². The predicted molar refractivity (Wildman–Crippen MR) is 103 cm³/mol. The zero-order valence-corrected chi connectivity index (χ0v) is 15.9. The summed E-state index contributed by atoms with van der Waals surface area (Å²) in [6, 6.07) is 9.99. The lowest BCUT2D eigenvalue weighted by atomic mass is 10.1. The third kappa shape index (κ3) is 3.22. The van der Waals surface area contributed by atoms with Crippen molar-refractivity contribution in [1.29, 1.82) is 0 Å². The third-order valence-corrected chi connectivity index (χ3v) is 6.07. The summed E-state index contributed by atoms with van der Waals surface area (Å²) in [7, 11) is 0. The van der Waals surface area contributed by atoms with Crippen molar-refractivity contribution in [2.75, 3.05) is 19.8 Å². The van der Waals surface area contributed by atoms with Gasteiger partial charge in [0.15, 0.2) is 5.82 Å². The van der Waals surface area contributed by atoms with Gasteiger partial charge in [-0.2, -0.15) is 0 Å². The van der Waals surface area contributed by atoms with E-state index >= 15 is 0 Å². The molecule has 2 aromatic heterocycles. The average Bonchev–Trinajstić information content (AvgIpc) is 3.24. The maximum atomic E-state index is 13.4. The minimum Gasteiger partial charge on any atom is -0.377 e. The number of carbonyl (C=O) groups is 1. The molecule has 2 fully saturated rings. The SMILES string of the molecule is O=C(c1nc(-c2cccs2)n(-c2ccc(F)cc2)n1)N1CCOCC1C1CC1. The van der Waals surface area contributed by atoms with Gasteiger partial charge in [-0.15, -0.1) is 16.4 Å². The van der Waals surface area contributed by atoms with Gasteiger partial charge in [-0.05, 0) is 54.5 Å². The van der Waals surface area contributed by atoms with Crippen LogP contribution in [0.5, 0.6) is 0 Å². The molecule has 6 nitrogen and oxygen atoms in total. The fourth-order valence-electron chi connectivity index (χ4n) is 3.61. The zero-order valence-electron chi connectivity index (χ0n) is 15.1. The van der Waals surface area contributed by atoms with Crippen LogP contribution in [0.2, 0.25) is 0 Å². The molecule has 1 aliphatic carbocycles. The van der Waals surface area contributed by atoms with Gasteiger partial charge in [0.2, 0.25) is 5.82 Å². The molecule has 1 amide bonds. The zero-order chi connectivity index (χ0) is 19.1. The van der Waals surface area contributed by atoms with Crippen molar-refractivity contribution in [3.05, 3.63) is 53.4 Å². The number of nitrogens with zero attached hydrogens (tertiary/aromatic N) is 4. The van der Waals surface area contributed by atoms with Crippen LogP contribution in [-0.2, 0) is 4.74 Å². The highest BCUT2D eigenvalue weighted by Gasteiger charge is 2.40. The van der Waals surface area contributed by atoms with E-state index in [1.165, 1.54) is 23.5 Å². The molecule has 8 heteroatoms. The van der Waals surface area contributed by atoms with Crippen molar-refractivity contribution >= 4 is 17.2 Å². The molecule has 2 aliphatic rings. The third-order valence-electron chi connectivity index (χ3n) is 5.20. The van der Waals surface area contributed by atoms with E-state index in [9.17, 15) is 9.18 Å². The smallest absolute Gasteiger partial charge is 0.293 e. The molecule has 1 atom stereocenters. The molecule has 28 heavy (non-hydrogen) atoms. The van der Waals surface area contributed by atoms with Gasteiger partial charge in [-0.25, -0.2) is 14.1 Å². The standard InChI is InChI=1S/C20H19FN4O2S/c21-14-5-7-15(8-6-14)25-19(17-2-1-11-28-17)22-18(23-25)20(26)24-9-10-27-12-16(24)13-3-4-13/h1-2,5-8,11,13,16H,3-4,9-10,12H2. The van der Waals surface area contributed by atoms with E-state index in [1.54, 1.807) is 16.8 Å². The largest absolute Gasteiger partial charge is 0.377 e. The first-order valence-electron chi connectivity index (χ1n) is 9.36. The number of ether oxygens (including phenoxy) is 1. The number of benzene rings is 1. The topological polar surface area (TPSA) is 60.2 Å². The number of amides is 1. The van der Waals surface area contributed by atoms with Gasteiger partial charge < -0.3 is 9.64 Å². The highest BCUT2D eigenvalue weighted by atomic mass is 32.1. The minimum atomic E-state index is -0.321. The van der Waals surface area contributed by atoms with Crippen molar-refractivity contribution in [3.63, 3.8) is 0 Å². The van der Waals surface area contributed by atoms with Gasteiger partial charge in [-0.1, -0.05) is 6.07 Å². The second kappa shape index (κ2) is 7.10. The molecule has 0 radical (unpaired) electrons. The molecule has 0 spiro atoms. The molecule has 0 N–H and O–H groups in total. The Bertz CT molecular complexity index is 982. The summed E-state index contributed by atoms with van der Waals surface area (Å²) in [5.41, 5.74) is 0.664. The first-order chi connectivity index (χ1) is 13.7. The van der Waals surface area contributed by atoms with Gasteiger partial charge >= 0.3 is 0 Å². The summed E-state index contributed by atoms with van der Waals surface area (Å²) in [5.74, 6) is 0.777. The number of rotatable bonds is 4. The summed E-state index contributed by atoms with van der Waals surface area (Å²) in [6.45, 7) is 1.66. The number of thiophene rings is 1. The summed E-state index contributed by atoms with van der Waals surface area (Å²) >= 11 is 1.52. The Morgan fingerprint density at radius 2 is 2.04 bits per heavy atom. The lowest BCUT2D eigenvalue weighted by Gasteiger charge is -2.35. The molecule has 0 bridgehead atoms. The van der Waals surface area contributed by atoms with Crippen molar-refractivity contribution in [1.82, 2.24) is 19.7 Å². The monoisotopic (exact) mass is 398 g/mol. The van der Waals surface area contributed by atoms with E-state index in [0.717, 1.165) is 17.7 Å². The summed E-state index contributed by atoms with van der Waals surface area (Å²) in [5, 5.41) is 6.46. The Kier molecular flexibility index (Phi) is 4.44. The summed E-state index contributed by atoms with van der Waals surface area (Å²) < 4.78 is 20.6. The molecule has 3 heterocycles. The Hall–Kier alpha value is -2.58. The van der Waals surface area contributed by atoms with Crippen LogP contribution in [0.4, 0.5) is 4.39 Å². The second-order valence-electron chi connectivity index (χ2n) is 7.10. The first-order valence-corrected chi connectivity index (χ1v) is 10.2. The molecule has 1 unspecified atom stereocenters. The molecule has 1 saturated heterocycles. The van der Waals surface area contributed by atoms with E-state index in [4.69, 9.17) is 4.74 Å². The Balaban J connectivity index is 1.53. The lowest BCUT2D eigenvalue weighted by molar-refractivity contribution is -0.00895. The van der Waals surface area contributed by atoms with Crippen LogP contribution in [0.25, 0.3) is 16.4 Å². The number of carbonyl (C=O) groups excluding carboxylic acids is 1.